The fourth-order valence-corrected chi connectivity index (χ4v) is 4.36. The highest BCUT2D eigenvalue weighted by molar-refractivity contribution is 5.85. The van der Waals surface area contributed by atoms with Crippen molar-refractivity contribution >= 4 is 17.2 Å². The van der Waals surface area contributed by atoms with Crippen LogP contribution in [0.15, 0.2) is 24.3 Å². The predicted molar refractivity (Wildman–Crippen MR) is 84.3 cm³/mol. The van der Waals surface area contributed by atoms with Crippen molar-refractivity contribution in [2.45, 2.75) is 32.2 Å². The Bertz CT molecular complexity index is 675. The minimum atomic E-state index is 0.135. The van der Waals surface area contributed by atoms with E-state index in [0.717, 1.165) is 25.9 Å². The maximum atomic E-state index is 11.7. The predicted octanol–water partition coefficient (Wildman–Crippen LogP) is 3.31. The summed E-state index contributed by atoms with van der Waals surface area (Å²) in [6.45, 7) is 4.46. The molecule has 0 saturated carbocycles. The van der Waals surface area contributed by atoms with Gasteiger partial charge in [-0.2, -0.15) is 0 Å². The number of rotatable bonds is 2. The minimum Gasteiger partial charge on any atom is -0.357 e. The smallest absolute Gasteiger partial charge is 0.125 e. The molecule has 0 radical (unpaired) electrons. The van der Waals surface area contributed by atoms with Crippen LogP contribution in [-0.4, -0.2) is 29.3 Å². The molecule has 0 spiro atoms. The number of H-pyrrole nitrogens is 1. The Morgan fingerprint density at radius 3 is 3.05 bits per heavy atom. The highest BCUT2D eigenvalue weighted by Crippen LogP contribution is 2.43. The lowest BCUT2D eigenvalue weighted by Gasteiger charge is -2.45. The van der Waals surface area contributed by atoms with E-state index in [1.165, 1.54) is 34.9 Å². The minimum absolute atomic E-state index is 0.135. The summed E-state index contributed by atoms with van der Waals surface area (Å²) in [6, 6.07) is 8.79. The van der Waals surface area contributed by atoms with Crippen molar-refractivity contribution in [1.29, 1.82) is 0 Å². The Morgan fingerprint density at radius 1 is 1.38 bits per heavy atom. The lowest BCUT2D eigenvalue weighted by molar-refractivity contribution is -0.116. The van der Waals surface area contributed by atoms with E-state index in [9.17, 15) is 4.79 Å². The third-order valence-electron chi connectivity index (χ3n) is 5.44. The van der Waals surface area contributed by atoms with E-state index in [1.807, 2.05) is 0 Å². The fourth-order valence-electron chi connectivity index (χ4n) is 4.36. The summed E-state index contributed by atoms with van der Waals surface area (Å²) in [6.07, 6.45) is 4.50. The first-order chi connectivity index (χ1) is 10.3. The van der Waals surface area contributed by atoms with Crippen LogP contribution in [-0.2, 0) is 11.2 Å². The molecule has 0 bridgehead atoms. The Balaban J connectivity index is 1.81. The normalized spacial score (nSPS) is 29.1. The number of hydrogen-bond acceptors (Lipinski definition) is 2. The molecule has 3 atom stereocenters. The highest BCUT2D eigenvalue weighted by atomic mass is 16.1. The number of carbonyl (C=O) groups is 1. The molecule has 1 unspecified atom stereocenters. The van der Waals surface area contributed by atoms with Crippen LogP contribution < -0.4 is 0 Å². The Labute approximate surface area is 125 Å². The van der Waals surface area contributed by atoms with Gasteiger partial charge in [0.15, 0.2) is 0 Å². The zero-order chi connectivity index (χ0) is 14.4. The van der Waals surface area contributed by atoms with Crippen molar-refractivity contribution in [3.8, 4) is 0 Å². The zero-order valence-corrected chi connectivity index (χ0v) is 12.5. The summed E-state index contributed by atoms with van der Waals surface area (Å²) in [5.41, 5.74) is 3.95. The summed E-state index contributed by atoms with van der Waals surface area (Å²) < 4.78 is 0. The molecule has 2 aliphatic rings. The van der Waals surface area contributed by atoms with E-state index in [4.69, 9.17) is 0 Å². The number of nitrogens with zero attached hydrogens (tertiary/aromatic N) is 1. The average molecular weight is 282 g/mol. The van der Waals surface area contributed by atoms with Gasteiger partial charge in [0.2, 0.25) is 0 Å². The standard InChI is InChI=1S/C18H22N2O/c1-2-12-9-13(11-21)18-17-15(7-8-20(18)10-12)14-5-3-4-6-16(14)19-17/h3-6,11-13,18-19H,2,7-10H2,1H3/t12-,13?,18-/m1/s1. The van der Waals surface area contributed by atoms with E-state index < -0.39 is 0 Å². The van der Waals surface area contributed by atoms with Crippen molar-refractivity contribution in [3.05, 3.63) is 35.5 Å². The number of aromatic nitrogens is 1. The van der Waals surface area contributed by atoms with Crippen LogP contribution in [0, 0.1) is 11.8 Å². The van der Waals surface area contributed by atoms with Gasteiger partial charge in [-0.3, -0.25) is 4.90 Å². The van der Waals surface area contributed by atoms with Gasteiger partial charge in [-0.25, -0.2) is 0 Å². The molecule has 1 aromatic heterocycles. The van der Waals surface area contributed by atoms with Crippen molar-refractivity contribution in [1.82, 2.24) is 9.88 Å². The number of carbonyl (C=O) groups excluding carboxylic acids is 1. The highest BCUT2D eigenvalue weighted by Gasteiger charge is 2.40. The molecule has 3 nitrogen and oxygen atoms in total. The number of benzene rings is 1. The monoisotopic (exact) mass is 282 g/mol. The van der Waals surface area contributed by atoms with Gasteiger partial charge in [-0.15, -0.1) is 0 Å². The van der Waals surface area contributed by atoms with Crippen LogP contribution in [0.1, 0.15) is 37.1 Å². The number of hydrogen-bond donors (Lipinski definition) is 1. The van der Waals surface area contributed by atoms with Crippen molar-refractivity contribution in [2.24, 2.45) is 11.8 Å². The first kappa shape index (κ1) is 13.1. The van der Waals surface area contributed by atoms with E-state index >= 15 is 0 Å². The second-order valence-corrected chi connectivity index (χ2v) is 6.56. The molecule has 1 aromatic carbocycles. The van der Waals surface area contributed by atoms with Crippen LogP contribution in [0.25, 0.3) is 10.9 Å². The third-order valence-corrected chi connectivity index (χ3v) is 5.44. The number of para-hydroxylation sites is 1. The maximum Gasteiger partial charge on any atom is 0.125 e. The molecular weight excluding hydrogens is 260 g/mol. The molecule has 1 N–H and O–H groups in total. The van der Waals surface area contributed by atoms with Crippen LogP contribution >= 0.6 is 0 Å². The van der Waals surface area contributed by atoms with E-state index in [2.05, 4.69) is 41.1 Å². The fraction of sp³-hybridized carbons (Fsp3) is 0.500. The molecule has 1 fully saturated rings. The Morgan fingerprint density at radius 2 is 2.24 bits per heavy atom. The number of fused-ring (bicyclic) bond motifs is 5. The van der Waals surface area contributed by atoms with Crippen molar-refractivity contribution in [2.75, 3.05) is 13.1 Å². The van der Waals surface area contributed by atoms with E-state index in [0.29, 0.717) is 5.92 Å². The molecule has 2 aromatic rings. The molecule has 4 rings (SSSR count). The number of nitrogens with one attached hydrogen (secondary N) is 1. The zero-order valence-electron chi connectivity index (χ0n) is 12.5. The van der Waals surface area contributed by atoms with Gasteiger partial charge in [-0.1, -0.05) is 31.5 Å². The van der Waals surface area contributed by atoms with Crippen molar-refractivity contribution < 1.29 is 4.79 Å². The summed E-state index contributed by atoms with van der Waals surface area (Å²) >= 11 is 0. The van der Waals surface area contributed by atoms with Gasteiger partial charge < -0.3 is 9.78 Å². The molecule has 2 aliphatic heterocycles. The molecule has 3 heterocycles. The van der Waals surface area contributed by atoms with Crippen LogP contribution in [0.3, 0.4) is 0 Å². The van der Waals surface area contributed by atoms with Crippen LogP contribution in [0.4, 0.5) is 0 Å². The Hall–Kier alpha value is -1.61. The number of aldehydes is 1. The molecule has 21 heavy (non-hydrogen) atoms. The largest absolute Gasteiger partial charge is 0.357 e. The van der Waals surface area contributed by atoms with Gasteiger partial charge in [-0.05, 0) is 30.4 Å². The SMILES string of the molecule is CC[C@@H]1CC(C=O)[C@@H]2c3[nH]c4ccccc4c3CCN2C1. The second-order valence-electron chi connectivity index (χ2n) is 6.56. The molecule has 1 saturated heterocycles. The second kappa shape index (κ2) is 4.99. The average Bonchev–Trinajstić information content (AvgIpc) is 2.92. The first-order valence-corrected chi connectivity index (χ1v) is 8.10. The number of piperidine rings is 1. The van der Waals surface area contributed by atoms with Crippen molar-refractivity contribution in [3.63, 3.8) is 0 Å². The lowest BCUT2D eigenvalue weighted by atomic mass is 9.78. The number of aromatic amines is 1. The quantitative estimate of drug-likeness (QED) is 0.858. The van der Waals surface area contributed by atoms with Gasteiger partial charge >= 0.3 is 0 Å². The van der Waals surface area contributed by atoms with Crippen LogP contribution in [0.2, 0.25) is 0 Å². The summed E-state index contributed by atoms with van der Waals surface area (Å²) in [5.74, 6) is 0.804. The summed E-state index contributed by atoms with van der Waals surface area (Å²) in [7, 11) is 0. The lowest BCUT2D eigenvalue weighted by Crippen LogP contribution is -2.47. The molecule has 110 valence electrons. The van der Waals surface area contributed by atoms with E-state index in [-0.39, 0.29) is 12.0 Å². The molecular formula is C18H22N2O. The van der Waals surface area contributed by atoms with Gasteiger partial charge in [0.1, 0.15) is 6.29 Å². The van der Waals surface area contributed by atoms with Gasteiger partial charge in [0, 0.05) is 35.6 Å². The molecule has 0 aliphatic carbocycles. The topological polar surface area (TPSA) is 36.1 Å². The molecule has 0 amide bonds. The summed E-state index contributed by atoms with van der Waals surface area (Å²) in [5, 5.41) is 1.34. The molecule has 3 heteroatoms. The van der Waals surface area contributed by atoms with Gasteiger partial charge in [0.25, 0.3) is 0 Å². The summed E-state index contributed by atoms with van der Waals surface area (Å²) in [4.78, 5) is 17.8. The van der Waals surface area contributed by atoms with Crippen LogP contribution in [0.5, 0.6) is 0 Å². The first-order valence-electron chi connectivity index (χ1n) is 8.10. The van der Waals surface area contributed by atoms with E-state index in [1.54, 1.807) is 0 Å². The maximum absolute atomic E-state index is 11.7. The van der Waals surface area contributed by atoms with Gasteiger partial charge in [0.05, 0.1) is 6.04 Å². The Kier molecular flexibility index (Phi) is 3.11. The third kappa shape index (κ3) is 1.95.